The van der Waals surface area contributed by atoms with Crippen molar-refractivity contribution in [3.05, 3.63) is 0 Å². The molecule has 0 saturated carbocycles. The average molecular weight is 287 g/mol. The fourth-order valence-corrected chi connectivity index (χ4v) is 2.73. The van der Waals surface area contributed by atoms with Crippen molar-refractivity contribution in [2.45, 2.75) is 70.6 Å². The third kappa shape index (κ3) is 5.38. The summed E-state index contributed by atoms with van der Waals surface area (Å²) in [6, 6.07) is 0.348. The van der Waals surface area contributed by atoms with Crippen LogP contribution in [0.4, 0.5) is 0 Å². The molecule has 0 aromatic rings. The van der Waals surface area contributed by atoms with Gasteiger partial charge in [-0.25, -0.2) is 0 Å². The molecule has 1 rings (SSSR count). The number of hydrogen-bond acceptors (Lipinski definition) is 5. The van der Waals surface area contributed by atoms with Gasteiger partial charge in [-0.3, -0.25) is 4.79 Å². The van der Waals surface area contributed by atoms with Gasteiger partial charge in [0.1, 0.15) is 0 Å². The summed E-state index contributed by atoms with van der Waals surface area (Å²) in [6.45, 7) is 7.61. The predicted octanol–water partition coefficient (Wildman–Crippen LogP) is 1.63. The number of carbonyl (C=O) groups excluding carboxylic acids is 1. The highest BCUT2D eigenvalue weighted by Crippen LogP contribution is 2.31. The third-order valence-corrected chi connectivity index (χ3v) is 4.13. The molecule has 2 unspecified atom stereocenters. The molecule has 0 aromatic carbocycles. The molecule has 1 saturated heterocycles. The SMILES string of the molecule is CCOC(=O)CC(O)CNC1CCOC(CC)(CC)C1. The lowest BCUT2D eigenvalue weighted by atomic mass is 9.86. The Morgan fingerprint density at radius 1 is 1.45 bits per heavy atom. The normalized spacial score (nSPS) is 23.3. The summed E-state index contributed by atoms with van der Waals surface area (Å²) in [6.07, 6.45) is 3.30. The molecule has 0 aliphatic carbocycles. The maximum Gasteiger partial charge on any atom is 0.308 e. The molecule has 1 fully saturated rings. The lowest BCUT2D eigenvalue weighted by Crippen LogP contribution is -2.48. The molecule has 20 heavy (non-hydrogen) atoms. The minimum atomic E-state index is -0.686. The van der Waals surface area contributed by atoms with Crippen LogP contribution in [-0.4, -0.2) is 48.6 Å². The number of aliphatic hydroxyl groups is 1. The van der Waals surface area contributed by atoms with Crippen LogP contribution in [0.1, 0.15) is 52.9 Å². The Morgan fingerprint density at radius 2 is 2.15 bits per heavy atom. The van der Waals surface area contributed by atoms with E-state index in [0.29, 0.717) is 19.2 Å². The van der Waals surface area contributed by atoms with Gasteiger partial charge in [0.15, 0.2) is 0 Å². The van der Waals surface area contributed by atoms with Crippen LogP contribution in [0.15, 0.2) is 0 Å². The minimum Gasteiger partial charge on any atom is -0.466 e. The molecular weight excluding hydrogens is 258 g/mol. The number of esters is 1. The Morgan fingerprint density at radius 3 is 2.75 bits per heavy atom. The number of nitrogens with one attached hydrogen (secondary N) is 1. The van der Waals surface area contributed by atoms with E-state index in [1.807, 2.05) is 0 Å². The molecular formula is C15H29NO4. The maximum atomic E-state index is 11.3. The minimum absolute atomic E-state index is 0.0258. The second-order valence-electron chi connectivity index (χ2n) is 5.50. The van der Waals surface area contributed by atoms with Gasteiger partial charge in [-0.2, -0.15) is 0 Å². The second-order valence-corrected chi connectivity index (χ2v) is 5.50. The first-order chi connectivity index (χ1) is 9.55. The van der Waals surface area contributed by atoms with Gasteiger partial charge in [0, 0.05) is 19.2 Å². The van der Waals surface area contributed by atoms with Crippen LogP contribution in [0, 0.1) is 0 Å². The van der Waals surface area contributed by atoms with Crippen LogP contribution in [0.25, 0.3) is 0 Å². The quantitative estimate of drug-likeness (QED) is 0.664. The van der Waals surface area contributed by atoms with Crippen molar-refractivity contribution < 1.29 is 19.4 Å². The first-order valence-electron chi connectivity index (χ1n) is 7.76. The van der Waals surface area contributed by atoms with Crippen molar-refractivity contribution in [2.24, 2.45) is 0 Å². The number of carbonyl (C=O) groups is 1. The molecule has 2 N–H and O–H groups in total. The van der Waals surface area contributed by atoms with E-state index in [0.717, 1.165) is 32.3 Å². The zero-order chi connectivity index (χ0) is 15.0. The standard InChI is InChI=1S/C15H29NO4/c1-4-15(5-2)10-12(7-8-20-15)16-11-13(17)9-14(18)19-6-3/h12-13,16-17H,4-11H2,1-3H3. The number of rotatable bonds is 8. The summed E-state index contributed by atoms with van der Waals surface area (Å²) in [5.74, 6) is -0.342. The monoisotopic (exact) mass is 287 g/mol. The highest BCUT2D eigenvalue weighted by atomic mass is 16.5. The molecule has 1 heterocycles. The molecule has 5 nitrogen and oxygen atoms in total. The summed E-state index contributed by atoms with van der Waals surface area (Å²) < 4.78 is 10.7. The van der Waals surface area contributed by atoms with Crippen LogP contribution < -0.4 is 5.32 Å². The van der Waals surface area contributed by atoms with Gasteiger partial charge in [-0.05, 0) is 32.6 Å². The van der Waals surface area contributed by atoms with E-state index in [1.165, 1.54) is 0 Å². The van der Waals surface area contributed by atoms with E-state index in [1.54, 1.807) is 6.92 Å². The van der Waals surface area contributed by atoms with Crippen molar-refractivity contribution in [1.29, 1.82) is 0 Å². The number of aliphatic hydroxyl groups excluding tert-OH is 1. The van der Waals surface area contributed by atoms with Crippen LogP contribution in [-0.2, 0) is 14.3 Å². The van der Waals surface area contributed by atoms with Gasteiger partial charge in [-0.15, -0.1) is 0 Å². The molecule has 0 bridgehead atoms. The highest BCUT2D eigenvalue weighted by Gasteiger charge is 2.34. The van der Waals surface area contributed by atoms with E-state index >= 15 is 0 Å². The van der Waals surface area contributed by atoms with Crippen LogP contribution in [0.3, 0.4) is 0 Å². The predicted molar refractivity (Wildman–Crippen MR) is 77.5 cm³/mol. The number of ether oxygens (including phenoxy) is 2. The van der Waals surface area contributed by atoms with Crippen molar-refractivity contribution >= 4 is 5.97 Å². The van der Waals surface area contributed by atoms with Gasteiger partial charge < -0.3 is 19.9 Å². The van der Waals surface area contributed by atoms with Crippen molar-refractivity contribution in [1.82, 2.24) is 5.32 Å². The molecule has 0 radical (unpaired) electrons. The Balaban J connectivity index is 2.32. The molecule has 0 aromatic heterocycles. The Labute approximate surface area is 122 Å². The summed E-state index contributed by atoms with van der Waals surface area (Å²) in [5.41, 5.74) is -0.0258. The fourth-order valence-electron chi connectivity index (χ4n) is 2.73. The Kier molecular flexibility index (Phi) is 7.48. The summed E-state index contributed by atoms with van der Waals surface area (Å²) in [4.78, 5) is 11.3. The Bertz CT molecular complexity index is 292. The molecule has 2 atom stereocenters. The van der Waals surface area contributed by atoms with E-state index < -0.39 is 6.10 Å². The first-order valence-corrected chi connectivity index (χ1v) is 7.76. The van der Waals surface area contributed by atoms with Crippen molar-refractivity contribution in [3.63, 3.8) is 0 Å². The lowest BCUT2D eigenvalue weighted by molar-refractivity contribution is -0.145. The van der Waals surface area contributed by atoms with Crippen molar-refractivity contribution in [3.8, 4) is 0 Å². The number of hydrogen-bond donors (Lipinski definition) is 2. The van der Waals surface area contributed by atoms with Gasteiger partial charge in [0.2, 0.25) is 0 Å². The second kappa shape index (κ2) is 8.60. The van der Waals surface area contributed by atoms with Gasteiger partial charge in [0.25, 0.3) is 0 Å². The van der Waals surface area contributed by atoms with Crippen LogP contribution in [0.2, 0.25) is 0 Å². The van der Waals surface area contributed by atoms with Gasteiger partial charge >= 0.3 is 5.97 Å². The van der Waals surface area contributed by atoms with E-state index in [9.17, 15) is 9.90 Å². The van der Waals surface area contributed by atoms with Crippen LogP contribution in [0.5, 0.6) is 0 Å². The first kappa shape index (κ1) is 17.4. The maximum absolute atomic E-state index is 11.3. The molecule has 118 valence electrons. The van der Waals surface area contributed by atoms with Crippen molar-refractivity contribution in [2.75, 3.05) is 19.8 Å². The molecule has 1 aliphatic rings. The third-order valence-electron chi connectivity index (χ3n) is 4.13. The van der Waals surface area contributed by atoms with E-state index in [4.69, 9.17) is 9.47 Å². The molecule has 0 spiro atoms. The molecule has 1 aliphatic heterocycles. The molecule has 5 heteroatoms. The zero-order valence-corrected chi connectivity index (χ0v) is 13.0. The fraction of sp³-hybridized carbons (Fsp3) is 0.933. The molecule has 0 amide bonds. The smallest absolute Gasteiger partial charge is 0.308 e. The summed E-state index contributed by atoms with van der Waals surface area (Å²) in [5, 5.41) is 13.2. The summed E-state index contributed by atoms with van der Waals surface area (Å²) in [7, 11) is 0. The van der Waals surface area contributed by atoms with Crippen LogP contribution >= 0.6 is 0 Å². The van der Waals surface area contributed by atoms with Gasteiger partial charge in [0.05, 0.1) is 24.7 Å². The largest absolute Gasteiger partial charge is 0.466 e. The van der Waals surface area contributed by atoms with E-state index in [-0.39, 0.29) is 18.0 Å². The lowest BCUT2D eigenvalue weighted by Gasteiger charge is -2.40. The average Bonchev–Trinajstić information content (AvgIpc) is 2.45. The zero-order valence-electron chi connectivity index (χ0n) is 13.0. The summed E-state index contributed by atoms with van der Waals surface area (Å²) >= 11 is 0. The highest BCUT2D eigenvalue weighted by molar-refractivity contribution is 5.69. The van der Waals surface area contributed by atoms with Gasteiger partial charge in [-0.1, -0.05) is 13.8 Å². The Hall–Kier alpha value is -0.650. The van der Waals surface area contributed by atoms with E-state index in [2.05, 4.69) is 19.2 Å². The topological polar surface area (TPSA) is 67.8 Å².